The fourth-order valence-corrected chi connectivity index (χ4v) is 3.23. The lowest BCUT2D eigenvalue weighted by atomic mass is 10.1. The summed E-state index contributed by atoms with van der Waals surface area (Å²) in [5, 5.41) is 4.69. The number of primary amides is 1. The summed E-state index contributed by atoms with van der Waals surface area (Å²) in [7, 11) is 1.36. The van der Waals surface area contributed by atoms with Crippen LogP contribution >= 0.6 is 11.6 Å². The minimum absolute atomic E-state index is 0.00112. The standard InChI is InChI=1S/C21H17ClF2N4O4/c1-31-16-8-13-10(6-11(16)20(25)29)15(4-5-26-13)32-19-12(23)7-14(17(22)18(19)24)28-21(30)27-9-2-3-9/h4-9H,2-3H2,1H3,(H2,25,29)(H2,27,28,30). The molecule has 166 valence electrons. The van der Waals surface area contributed by atoms with Crippen molar-refractivity contribution in [3.63, 3.8) is 0 Å². The summed E-state index contributed by atoms with van der Waals surface area (Å²) >= 11 is 6.00. The van der Waals surface area contributed by atoms with Gasteiger partial charge in [-0.05, 0) is 25.0 Å². The molecule has 4 N–H and O–H groups in total. The van der Waals surface area contributed by atoms with Crippen molar-refractivity contribution >= 4 is 40.1 Å². The maximum absolute atomic E-state index is 14.9. The maximum Gasteiger partial charge on any atom is 0.319 e. The number of benzene rings is 2. The van der Waals surface area contributed by atoms with Gasteiger partial charge < -0.3 is 25.8 Å². The zero-order valence-corrected chi connectivity index (χ0v) is 17.4. The van der Waals surface area contributed by atoms with E-state index in [0.717, 1.165) is 18.9 Å². The van der Waals surface area contributed by atoms with Gasteiger partial charge in [0.2, 0.25) is 0 Å². The van der Waals surface area contributed by atoms with Crippen LogP contribution in [0.25, 0.3) is 10.9 Å². The Balaban J connectivity index is 1.70. The van der Waals surface area contributed by atoms with Crippen molar-refractivity contribution < 1.29 is 27.8 Å². The van der Waals surface area contributed by atoms with Crippen LogP contribution in [0.2, 0.25) is 5.02 Å². The molecule has 1 aromatic heterocycles. The summed E-state index contributed by atoms with van der Waals surface area (Å²) in [5.74, 6) is -3.66. The Morgan fingerprint density at radius 2 is 1.97 bits per heavy atom. The highest BCUT2D eigenvalue weighted by atomic mass is 35.5. The first kappa shape index (κ1) is 21.6. The van der Waals surface area contributed by atoms with Crippen molar-refractivity contribution in [1.82, 2.24) is 10.3 Å². The number of carbonyl (C=O) groups is 2. The normalized spacial score (nSPS) is 13.0. The van der Waals surface area contributed by atoms with Crippen molar-refractivity contribution in [2.75, 3.05) is 12.4 Å². The summed E-state index contributed by atoms with van der Waals surface area (Å²) in [6, 6.07) is 4.46. The molecule has 0 spiro atoms. The number of nitrogens with two attached hydrogens (primary N) is 1. The zero-order chi connectivity index (χ0) is 23.0. The Labute approximate surface area is 185 Å². The van der Waals surface area contributed by atoms with Crippen LogP contribution in [0.5, 0.6) is 17.2 Å². The third-order valence-electron chi connectivity index (χ3n) is 4.78. The van der Waals surface area contributed by atoms with Crippen LogP contribution in [-0.4, -0.2) is 30.1 Å². The molecule has 0 aliphatic heterocycles. The first-order valence-electron chi connectivity index (χ1n) is 9.48. The van der Waals surface area contributed by atoms with Gasteiger partial charge in [0.25, 0.3) is 5.91 Å². The van der Waals surface area contributed by atoms with E-state index in [1.54, 1.807) is 0 Å². The molecule has 8 nitrogen and oxygen atoms in total. The number of rotatable bonds is 6. The Hall–Kier alpha value is -3.66. The molecule has 0 saturated heterocycles. The fraction of sp³-hybridized carbons (Fsp3) is 0.190. The van der Waals surface area contributed by atoms with Crippen LogP contribution in [0, 0.1) is 11.6 Å². The first-order valence-corrected chi connectivity index (χ1v) is 9.85. The highest BCUT2D eigenvalue weighted by Crippen LogP contribution is 2.39. The van der Waals surface area contributed by atoms with Gasteiger partial charge in [0, 0.05) is 29.8 Å². The Morgan fingerprint density at radius 1 is 1.22 bits per heavy atom. The van der Waals surface area contributed by atoms with Crippen LogP contribution in [-0.2, 0) is 0 Å². The van der Waals surface area contributed by atoms with Crippen molar-refractivity contribution in [3.05, 3.63) is 52.7 Å². The van der Waals surface area contributed by atoms with Gasteiger partial charge in [-0.1, -0.05) is 11.6 Å². The van der Waals surface area contributed by atoms with Crippen molar-refractivity contribution in [3.8, 4) is 17.2 Å². The predicted octanol–water partition coefficient (Wildman–Crippen LogP) is 4.35. The van der Waals surface area contributed by atoms with Gasteiger partial charge in [-0.25, -0.2) is 13.6 Å². The molecule has 0 radical (unpaired) electrons. The molecule has 0 bridgehead atoms. The lowest BCUT2D eigenvalue weighted by molar-refractivity contribution is 0.0997. The molecule has 0 unspecified atom stereocenters. The molecule has 11 heteroatoms. The van der Waals surface area contributed by atoms with E-state index < -0.39 is 34.3 Å². The van der Waals surface area contributed by atoms with Gasteiger partial charge in [-0.3, -0.25) is 9.78 Å². The molecule has 3 amide bonds. The summed E-state index contributed by atoms with van der Waals surface area (Å²) in [6.07, 6.45) is 3.05. The Bertz CT molecular complexity index is 1250. The van der Waals surface area contributed by atoms with Crippen LogP contribution in [0.1, 0.15) is 23.2 Å². The minimum atomic E-state index is -1.21. The number of nitrogens with one attached hydrogen (secondary N) is 2. The molecular weight excluding hydrogens is 446 g/mol. The number of hydrogen-bond acceptors (Lipinski definition) is 5. The molecule has 0 atom stereocenters. The number of carbonyl (C=O) groups excluding carboxylic acids is 2. The monoisotopic (exact) mass is 462 g/mol. The molecule has 2 aromatic carbocycles. The first-order chi connectivity index (χ1) is 15.3. The number of aromatic nitrogens is 1. The van der Waals surface area contributed by atoms with E-state index in [0.29, 0.717) is 5.52 Å². The second-order valence-electron chi connectivity index (χ2n) is 7.08. The third-order valence-corrected chi connectivity index (χ3v) is 5.15. The number of pyridine rings is 1. The average molecular weight is 463 g/mol. The quantitative estimate of drug-likeness (QED) is 0.471. The molecule has 32 heavy (non-hydrogen) atoms. The van der Waals surface area contributed by atoms with Gasteiger partial charge in [0.05, 0.1) is 23.9 Å². The molecule has 3 aromatic rings. The lowest BCUT2D eigenvalue weighted by Gasteiger charge is -2.15. The number of hydrogen-bond donors (Lipinski definition) is 3. The van der Waals surface area contributed by atoms with Crippen molar-refractivity contribution in [2.45, 2.75) is 18.9 Å². The van der Waals surface area contributed by atoms with Crippen molar-refractivity contribution in [1.29, 1.82) is 0 Å². The molecule has 1 fully saturated rings. The number of anilines is 1. The van der Waals surface area contributed by atoms with E-state index in [2.05, 4.69) is 15.6 Å². The Kier molecular flexibility index (Phi) is 5.70. The van der Waals surface area contributed by atoms with E-state index in [1.165, 1.54) is 31.5 Å². The Morgan fingerprint density at radius 3 is 2.62 bits per heavy atom. The summed E-state index contributed by atoms with van der Waals surface area (Å²) in [4.78, 5) is 27.8. The van der Waals surface area contributed by atoms with E-state index in [-0.39, 0.29) is 34.2 Å². The molecule has 1 saturated carbocycles. The van der Waals surface area contributed by atoms with Crippen LogP contribution in [0.3, 0.4) is 0 Å². The number of methoxy groups -OCH3 is 1. The van der Waals surface area contributed by atoms with Crippen molar-refractivity contribution in [2.24, 2.45) is 5.73 Å². The maximum atomic E-state index is 14.9. The van der Waals surface area contributed by atoms with Gasteiger partial charge in [0.1, 0.15) is 16.5 Å². The lowest BCUT2D eigenvalue weighted by Crippen LogP contribution is -2.30. The number of urea groups is 1. The van der Waals surface area contributed by atoms with Gasteiger partial charge in [-0.2, -0.15) is 0 Å². The second-order valence-corrected chi connectivity index (χ2v) is 7.46. The topological polar surface area (TPSA) is 116 Å². The second kappa shape index (κ2) is 8.46. The zero-order valence-electron chi connectivity index (χ0n) is 16.7. The number of ether oxygens (including phenoxy) is 2. The molecule has 1 aliphatic carbocycles. The number of fused-ring (bicyclic) bond motifs is 1. The largest absolute Gasteiger partial charge is 0.496 e. The van der Waals surface area contributed by atoms with Gasteiger partial charge in [-0.15, -0.1) is 0 Å². The van der Waals surface area contributed by atoms with Crippen LogP contribution in [0.15, 0.2) is 30.5 Å². The van der Waals surface area contributed by atoms with Gasteiger partial charge in [0.15, 0.2) is 17.4 Å². The van der Waals surface area contributed by atoms with E-state index in [9.17, 15) is 18.4 Å². The van der Waals surface area contributed by atoms with Crippen LogP contribution in [0.4, 0.5) is 19.3 Å². The fourth-order valence-electron chi connectivity index (χ4n) is 3.04. The summed E-state index contributed by atoms with van der Waals surface area (Å²) < 4.78 is 40.2. The minimum Gasteiger partial charge on any atom is -0.496 e. The molecular formula is C21H17ClF2N4O4. The smallest absolute Gasteiger partial charge is 0.319 e. The van der Waals surface area contributed by atoms with Crippen LogP contribution < -0.4 is 25.8 Å². The number of nitrogens with zero attached hydrogens (tertiary/aromatic N) is 1. The molecule has 4 rings (SSSR count). The van der Waals surface area contributed by atoms with E-state index >= 15 is 0 Å². The number of amides is 3. The summed E-state index contributed by atoms with van der Waals surface area (Å²) in [6.45, 7) is 0. The highest BCUT2D eigenvalue weighted by Gasteiger charge is 2.25. The molecule has 1 heterocycles. The molecule has 1 aliphatic rings. The average Bonchev–Trinajstić information content (AvgIpc) is 3.57. The predicted molar refractivity (Wildman–Crippen MR) is 113 cm³/mol. The van der Waals surface area contributed by atoms with Gasteiger partial charge >= 0.3 is 6.03 Å². The van der Waals surface area contributed by atoms with E-state index in [1.807, 2.05) is 0 Å². The van der Waals surface area contributed by atoms with E-state index in [4.69, 9.17) is 26.8 Å². The third kappa shape index (κ3) is 4.22. The highest BCUT2D eigenvalue weighted by molar-refractivity contribution is 6.34. The SMILES string of the molecule is COc1cc2nccc(Oc3c(F)cc(NC(=O)NC4CC4)c(Cl)c3F)c2cc1C(N)=O. The summed E-state index contributed by atoms with van der Waals surface area (Å²) in [5.41, 5.74) is 5.52. The number of halogens is 3.